The molecule has 3 nitrogen and oxygen atoms in total. The smallest absolute Gasteiger partial charge is 0.157 e. The Kier molecular flexibility index (Phi) is 5.54. The first kappa shape index (κ1) is 12.4. The fraction of sp³-hybridized carbons (Fsp3) is 0.727. The lowest BCUT2D eigenvalue weighted by Crippen LogP contribution is -2.00. The molecule has 0 bridgehead atoms. The van der Waals surface area contributed by atoms with Crippen LogP contribution in [0, 0.1) is 0 Å². The molecular weight excluding hydrogens is 212 g/mol. The number of alkyl halides is 1. The van der Waals surface area contributed by atoms with Crippen LogP contribution in [0.5, 0.6) is 5.75 Å². The monoisotopic (exact) mass is 230 g/mol. The van der Waals surface area contributed by atoms with E-state index in [0.717, 1.165) is 37.5 Å². The molecule has 15 heavy (non-hydrogen) atoms. The zero-order valence-corrected chi connectivity index (χ0v) is 10.2. The zero-order valence-electron chi connectivity index (χ0n) is 9.45. The second-order valence-corrected chi connectivity index (χ2v) is 4.23. The molecule has 0 atom stereocenters. The summed E-state index contributed by atoms with van der Waals surface area (Å²) in [7, 11) is 0. The Bertz CT molecular complexity index is 273. The minimum absolute atomic E-state index is 0.388. The van der Waals surface area contributed by atoms with Crippen LogP contribution in [0.2, 0.25) is 0 Å². The molecule has 86 valence electrons. The Morgan fingerprint density at radius 1 is 1.40 bits per heavy atom. The number of unbranched alkanes of at least 4 members (excludes halogenated alkanes) is 2. The average molecular weight is 231 g/mol. The predicted octanol–water partition coefficient (Wildman–Crippen LogP) is 3.25. The fourth-order valence-corrected chi connectivity index (χ4v) is 1.43. The SMILES string of the molecule is CC(C)n1cc(OCCCCCCl)cn1. The molecule has 0 aliphatic carbocycles. The summed E-state index contributed by atoms with van der Waals surface area (Å²) in [4.78, 5) is 0. The van der Waals surface area contributed by atoms with Crippen molar-refractivity contribution in [3.8, 4) is 5.75 Å². The van der Waals surface area contributed by atoms with Gasteiger partial charge in [0.05, 0.1) is 19.0 Å². The van der Waals surface area contributed by atoms with E-state index < -0.39 is 0 Å². The number of nitrogens with zero attached hydrogens (tertiary/aromatic N) is 2. The normalized spacial score (nSPS) is 10.9. The van der Waals surface area contributed by atoms with Gasteiger partial charge in [0.15, 0.2) is 5.75 Å². The van der Waals surface area contributed by atoms with Gasteiger partial charge in [-0.05, 0) is 33.1 Å². The number of aromatic nitrogens is 2. The first-order chi connectivity index (χ1) is 7.24. The standard InChI is InChI=1S/C11H19ClN2O/c1-10(2)14-9-11(8-13-14)15-7-5-3-4-6-12/h8-10H,3-7H2,1-2H3. The summed E-state index contributed by atoms with van der Waals surface area (Å²) in [6.07, 6.45) is 6.95. The molecule has 0 saturated heterocycles. The summed E-state index contributed by atoms with van der Waals surface area (Å²) in [6.45, 7) is 4.94. The Morgan fingerprint density at radius 2 is 2.20 bits per heavy atom. The van der Waals surface area contributed by atoms with Gasteiger partial charge in [-0.25, -0.2) is 0 Å². The summed E-state index contributed by atoms with van der Waals surface area (Å²) in [5.41, 5.74) is 0. The topological polar surface area (TPSA) is 27.1 Å². The van der Waals surface area contributed by atoms with Crippen LogP contribution in [0.4, 0.5) is 0 Å². The number of ether oxygens (including phenoxy) is 1. The molecule has 0 amide bonds. The molecule has 1 aromatic heterocycles. The van der Waals surface area contributed by atoms with Crippen molar-refractivity contribution in [1.29, 1.82) is 0 Å². The van der Waals surface area contributed by atoms with Gasteiger partial charge in [0.1, 0.15) is 0 Å². The van der Waals surface area contributed by atoms with E-state index in [-0.39, 0.29) is 0 Å². The van der Waals surface area contributed by atoms with E-state index in [9.17, 15) is 0 Å². The van der Waals surface area contributed by atoms with Gasteiger partial charge in [-0.3, -0.25) is 4.68 Å². The van der Waals surface area contributed by atoms with E-state index in [1.165, 1.54) is 0 Å². The molecular formula is C11H19ClN2O. The van der Waals surface area contributed by atoms with Gasteiger partial charge in [-0.2, -0.15) is 5.10 Å². The number of hydrogen-bond acceptors (Lipinski definition) is 2. The molecule has 1 rings (SSSR count). The van der Waals surface area contributed by atoms with Crippen molar-refractivity contribution in [1.82, 2.24) is 9.78 Å². The Morgan fingerprint density at radius 3 is 2.80 bits per heavy atom. The van der Waals surface area contributed by atoms with Crippen molar-refractivity contribution in [2.75, 3.05) is 12.5 Å². The molecule has 0 aromatic carbocycles. The Labute approximate surface area is 96.4 Å². The lowest BCUT2D eigenvalue weighted by molar-refractivity contribution is 0.305. The van der Waals surface area contributed by atoms with Crippen LogP contribution >= 0.6 is 11.6 Å². The predicted molar refractivity (Wildman–Crippen MR) is 62.7 cm³/mol. The molecule has 0 unspecified atom stereocenters. The number of rotatable bonds is 7. The minimum Gasteiger partial charge on any atom is -0.490 e. The zero-order chi connectivity index (χ0) is 11.1. The quantitative estimate of drug-likeness (QED) is 0.531. The van der Waals surface area contributed by atoms with Gasteiger partial charge < -0.3 is 4.74 Å². The molecule has 4 heteroatoms. The third-order valence-electron chi connectivity index (χ3n) is 2.15. The Balaban J connectivity index is 2.20. The van der Waals surface area contributed by atoms with Crippen LogP contribution in [-0.4, -0.2) is 22.3 Å². The maximum absolute atomic E-state index is 5.58. The first-order valence-electron chi connectivity index (χ1n) is 5.47. The molecule has 0 fully saturated rings. The van der Waals surface area contributed by atoms with Crippen LogP contribution in [0.15, 0.2) is 12.4 Å². The molecule has 0 radical (unpaired) electrons. The van der Waals surface area contributed by atoms with Gasteiger partial charge >= 0.3 is 0 Å². The largest absolute Gasteiger partial charge is 0.490 e. The molecule has 0 spiro atoms. The van der Waals surface area contributed by atoms with Crippen LogP contribution < -0.4 is 4.74 Å². The van der Waals surface area contributed by atoms with Crippen LogP contribution in [-0.2, 0) is 0 Å². The van der Waals surface area contributed by atoms with E-state index in [1.807, 2.05) is 10.9 Å². The molecule has 1 aromatic rings. The Hall–Kier alpha value is -0.700. The summed E-state index contributed by atoms with van der Waals surface area (Å²) in [5.74, 6) is 1.60. The fourth-order valence-electron chi connectivity index (χ4n) is 1.24. The second kappa shape index (κ2) is 6.72. The number of hydrogen-bond donors (Lipinski definition) is 0. The van der Waals surface area contributed by atoms with Crippen molar-refractivity contribution in [3.63, 3.8) is 0 Å². The summed E-state index contributed by atoms with van der Waals surface area (Å²) in [6, 6.07) is 0.388. The van der Waals surface area contributed by atoms with Gasteiger partial charge in [0.2, 0.25) is 0 Å². The highest BCUT2D eigenvalue weighted by atomic mass is 35.5. The molecule has 0 aliphatic rings. The van der Waals surface area contributed by atoms with Crippen LogP contribution in [0.1, 0.15) is 39.2 Å². The lowest BCUT2D eigenvalue weighted by Gasteiger charge is -2.04. The summed E-state index contributed by atoms with van der Waals surface area (Å²) in [5, 5.41) is 4.20. The van der Waals surface area contributed by atoms with Crippen molar-refractivity contribution in [2.45, 2.75) is 39.2 Å². The van der Waals surface area contributed by atoms with E-state index in [1.54, 1.807) is 6.20 Å². The van der Waals surface area contributed by atoms with Gasteiger partial charge in [-0.1, -0.05) is 0 Å². The van der Waals surface area contributed by atoms with Crippen molar-refractivity contribution in [3.05, 3.63) is 12.4 Å². The maximum atomic E-state index is 5.58. The van der Waals surface area contributed by atoms with Gasteiger partial charge in [0.25, 0.3) is 0 Å². The average Bonchev–Trinajstić information content (AvgIpc) is 2.66. The van der Waals surface area contributed by atoms with E-state index in [4.69, 9.17) is 16.3 Å². The summed E-state index contributed by atoms with van der Waals surface area (Å²) >= 11 is 5.58. The highest BCUT2D eigenvalue weighted by Crippen LogP contribution is 2.12. The second-order valence-electron chi connectivity index (χ2n) is 3.85. The molecule has 0 N–H and O–H groups in total. The molecule has 1 heterocycles. The third kappa shape index (κ3) is 4.56. The minimum atomic E-state index is 0.388. The highest BCUT2D eigenvalue weighted by molar-refractivity contribution is 6.17. The van der Waals surface area contributed by atoms with Crippen molar-refractivity contribution in [2.24, 2.45) is 0 Å². The highest BCUT2D eigenvalue weighted by Gasteiger charge is 2.01. The number of halogens is 1. The molecule has 0 saturated carbocycles. The van der Waals surface area contributed by atoms with Gasteiger partial charge in [0, 0.05) is 11.9 Å². The molecule has 0 aliphatic heterocycles. The third-order valence-corrected chi connectivity index (χ3v) is 2.42. The van der Waals surface area contributed by atoms with Crippen molar-refractivity contribution >= 4 is 11.6 Å². The van der Waals surface area contributed by atoms with Crippen LogP contribution in [0.3, 0.4) is 0 Å². The maximum Gasteiger partial charge on any atom is 0.157 e. The van der Waals surface area contributed by atoms with E-state index >= 15 is 0 Å². The van der Waals surface area contributed by atoms with Crippen LogP contribution in [0.25, 0.3) is 0 Å². The van der Waals surface area contributed by atoms with Crippen molar-refractivity contribution < 1.29 is 4.74 Å². The van der Waals surface area contributed by atoms with Gasteiger partial charge in [-0.15, -0.1) is 11.6 Å². The van der Waals surface area contributed by atoms with E-state index in [0.29, 0.717) is 6.04 Å². The summed E-state index contributed by atoms with van der Waals surface area (Å²) < 4.78 is 7.45. The lowest BCUT2D eigenvalue weighted by atomic mass is 10.3. The van der Waals surface area contributed by atoms with E-state index in [2.05, 4.69) is 18.9 Å². The first-order valence-corrected chi connectivity index (χ1v) is 6.00.